The number of anilines is 3. The van der Waals surface area contributed by atoms with Gasteiger partial charge < -0.3 is 15.5 Å². The fourth-order valence-corrected chi connectivity index (χ4v) is 3.41. The van der Waals surface area contributed by atoms with Crippen LogP contribution in [0, 0.1) is 0 Å². The lowest BCUT2D eigenvalue weighted by Crippen LogP contribution is -2.36. The summed E-state index contributed by atoms with van der Waals surface area (Å²) in [4.78, 5) is 49.3. The number of hydrogen-bond donors (Lipinski definition) is 3. The largest absolute Gasteiger partial charge is 0.383 e. The maximum Gasteiger partial charge on any atom is 0.361 e. The molecule has 11 nitrogen and oxygen atoms in total. The highest BCUT2D eigenvalue weighted by Crippen LogP contribution is 2.36. The Hall–Kier alpha value is -3.47. The first kappa shape index (κ1) is 17.9. The smallest absolute Gasteiger partial charge is 0.361 e. The molecule has 0 saturated heterocycles. The highest BCUT2D eigenvalue weighted by Gasteiger charge is 2.33. The first-order chi connectivity index (χ1) is 13.4. The molecule has 0 fully saturated rings. The molecule has 1 amide bonds. The van der Waals surface area contributed by atoms with Crippen molar-refractivity contribution in [2.45, 2.75) is 13.1 Å². The first-order valence-corrected chi connectivity index (χ1v) is 8.67. The lowest BCUT2D eigenvalue weighted by atomic mass is 10.1. The lowest BCUT2D eigenvalue weighted by Gasteiger charge is -2.16. The molecule has 1 aliphatic heterocycles. The van der Waals surface area contributed by atoms with Gasteiger partial charge >= 0.3 is 5.69 Å². The van der Waals surface area contributed by atoms with Crippen LogP contribution in [0.4, 0.5) is 17.1 Å². The maximum atomic E-state index is 12.9. The molecular weight excluding hydrogens is 390 g/mol. The zero-order valence-corrected chi connectivity index (χ0v) is 15.3. The molecule has 12 heteroatoms. The summed E-state index contributed by atoms with van der Waals surface area (Å²) >= 11 is 6.25. The molecule has 0 atom stereocenters. The fraction of sp³-hybridized carbons (Fsp3) is 0.250. The predicted octanol–water partition coefficient (Wildman–Crippen LogP) is -0.343. The van der Waals surface area contributed by atoms with Crippen LogP contribution in [0.3, 0.4) is 0 Å². The van der Waals surface area contributed by atoms with Gasteiger partial charge in [0.2, 0.25) is 0 Å². The van der Waals surface area contributed by atoms with Crippen molar-refractivity contribution in [3.8, 4) is 0 Å². The summed E-state index contributed by atoms with van der Waals surface area (Å²) in [5.74, 6) is -0.304. The molecule has 2 heterocycles. The van der Waals surface area contributed by atoms with E-state index in [0.717, 1.165) is 4.68 Å². The Labute approximate surface area is 161 Å². The normalized spacial score (nSPS) is 13.2. The van der Waals surface area contributed by atoms with Gasteiger partial charge in [0.1, 0.15) is 11.4 Å². The number of carbonyl (C=O) groups is 1. The predicted molar refractivity (Wildman–Crippen MR) is 101 cm³/mol. The number of halogens is 1. The Bertz CT molecular complexity index is 1220. The minimum atomic E-state index is -0.652. The van der Waals surface area contributed by atoms with Crippen LogP contribution in [0.2, 0.25) is 5.02 Å². The Morgan fingerprint density at radius 2 is 1.89 bits per heavy atom. The number of tetrazole rings is 1. The van der Waals surface area contributed by atoms with Crippen molar-refractivity contribution in [3.63, 3.8) is 0 Å². The number of nitrogens with zero attached hydrogens (tertiary/aromatic N) is 4. The number of amides is 1. The van der Waals surface area contributed by atoms with E-state index in [0.29, 0.717) is 21.8 Å². The molecule has 0 aliphatic carbocycles. The number of rotatable bonds is 6. The van der Waals surface area contributed by atoms with Crippen LogP contribution in [-0.2, 0) is 13.1 Å². The van der Waals surface area contributed by atoms with Crippen LogP contribution in [0.1, 0.15) is 15.9 Å². The molecule has 1 aromatic heterocycles. The molecule has 1 aliphatic rings. The van der Waals surface area contributed by atoms with Crippen molar-refractivity contribution in [2.75, 3.05) is 24.2 Å². The van der Waals surface area contributed by atoms with E-state index in [2.05, 4.69) is 26.2 Å². The third-order valence-corrected chi connectivity index (χ3v) is 4.99. The van der Waals surface area contributed by atoms with Gasteiger partial charge in [-0.25, -0.2) is 9.89 Å². The van der Waals surface area contributed by atoms with Gasteiger partial charge in [-0.15, -0.1) is 0 Å². The standard InChI is InChI=1S/C16H14ClN7O4/c1-18-11-12(14(26)13(11)25)19-9-3-2-8(17)7-6-23(15(27)10(7)9)4-5-24-16(28)20-21-22-24/h2-3,18-19H,4-6H2,1H3,(H,20,22,28). The summed E-state index contributed by atoms with van der Waals surface area (Å²) in [6, 6.07) is 3.20. The lowest BCUT2D eigenvalue weighted by molar-refractivity contribution is 0.0771. The van der Waals surface area contributed by atoms with E-state index in [1.807, 2.05) is 0 Å². The van der Waals surface area contributed by atoms with Crippen LogP contribution in [-0.4, -0.2) is 44.6 Å². The van der Waals surface area contributed by atoms with Crippen LogP contribution in [0.15, 0.2) is 26.5 Å². The minimum absolute atomic E-state index is 0.109. The second-order valence-electron chi connectivity index (χ2n) is 6.19. The summed E-state index contributed by atoms with van der Waals surface area (Å²) in [5.41, 5.74) is -0.136. The molecule has 3 N–H and O–H groups in total. The number of nitrogens with one attached hydrogen (secondary N) is 3. The van der Waals surface area contributed by atoms with Gasteiger partial charge in [0.15, 0.2) is 0 Å². The van der Waals surface area contributed by atoms with E-state index in [4.69, 9.17) is 11.6 Å². The molecule has 3 aromatic rings. The van der Waals surface area contributed by atoms with Gasteiger partial charge in [0.25, 0.3) is 16.8 Å². The van der Waals surface area contributed by atoms with E-state index >= 15 is 0 Å². The van der Waals surface area contributed by atoms with Crippen molar-refractivity contribution >= 4 is 34.6 Å². The molecule has 2 aromatic carbocycles. The van der Waals surface area contributed by atoms with E-state index in [1.54, 1.807) is 12.1 Å². The SMILES string of the molecule is CNc1c(Nc2ccc(Cl)c3c2C(=O)N(CCn2nn[nH]c2=O)C3)c(=O)c1=O. The Morgan fingerprint density at radius 3 is 2.57 bits per heavy atom. The van der Waals surface area contributed by atoms with Crippen LogP contribution >= 0.6 is 11.6 Å². The number of carbonyl (C=O) groups excluding carboxylic acids is 1. The second-order valence-corrected chi connectivity index (χ2v) is 6.60. The van der Waals surface area contributed by atoms with Crippen LogP contribution in [0.25, 0.3) is 0 Å². The van der Waals surface area contributed by atoms with E-state index in [9.17, 15) is 19.2 Å². The van der Waals surface area contributed by atoms with Crippen molar-refractivity contribution in [2.24, 2.45) is 0 Å². The summed E-state index contributed by atoms with van der Waals surface area (Å²) in [6.45, 7) is 0.634. The first-order valence-electron chi connectivity index (χ1n) is 8.29. The third-order valence-electron chi connectivity index (χ3n) is 4.64. The van der Waals surface area contributed by atoms with Gasteiger partial charge in [0, 0.05) is 30.7 Å². The summed E-state index contributed by atoms with van der Waals surface area (Å²) in [6.07, 6.45) is 0. The molecule has 144 valence electrons. The van der Waals surface area contributed by atoms with Gasteiger partial charge in [-0.3, -0.25) is 14.4 Å². The molecule has 0 bridgehead atoms. The Kier molecular flexibility index (Phi) is 4.23. The van der Waals surface area contributed by atoms with Gasteiger partial charge in [0.05, 0.1) is 17.8 Å². The Balaban J connectivity index is 1.62. The van der Waals surface area contributed by atoms with Crippen LogP contribution < -0.4 is 27.2 Å². The highest BCUT2D eigenvalue weighted by atomic mass is 35.5. The van der Waals surface area contributed by atoms with Gasteiger partial charge in [-0.05, 0) is 22.6 Å². The molecule has 28 heavy (non-hydrogen) atoms. The average molecular weight is 404 g/mol. The molecule has 0 unspecified atom stereocenters. The van der Waals surface area contributed by atoms with E-state index in [1.165, 1.54) is 11.9 Å². The number of fused-ring (bicyclic) bond motifs is 1. The fourth-order valence-electron chi connectivity index (χ4n) is 3.19. The van der Waals surface area contributed by atoms with Crippen molar-refractivity contribution in [1.82, 2.24) is 25.1 Å². The van der Waals surface area contributed by atoms with Gasteiger partial charge in [-0.2, -0.15) is 4.68 Å². The number of hydrogen-bond acceptors (Lipinski definition) is 8. The van der Waals surface area contributed by atoms with Crippen molar-refractivity contribution < 1.29 is 4.79 Å². The number of H-pyrrole nitrogens is 1. The topological polar surface area (TPSA) is 142 Å². The van der Waals surface area contributed by atoms with Crippen molar-refractivity contribution in [3.05, 3.63) is 59.2 Å². The maximum absolute atomic E-state index is 12.9. The minimum Gasteiger partial charge on any atom is -0.383 e. The zero-order chi connectivity index (χ0) is 20.0. The number of aromatic nitrogens is 4. The summed E-state index contributed by atoms with van der Waals surface area (Å²) in [5, 5.41) is 15.2. The number of aromatic amines is 1. The Morgan fingerprint density at radius 1 is 1.14 bits per heavy atom. The molecule has 0 saturated carbocycles. The van der Waals surface area contributed by atoms with Crippen molar-refractivity contribution in [1.29, 1.82) is 0 Å². The second kappa shape index (κ2) is 6.60. The van der Waals surface area contributed by atoms with E-state index in [-0.39, 0.29) is 36.9 Å². The quantitative estimate of drug-likeness (QED) is 0.474. The monoisotopic (exact) mass is 403 g/mol. The zero-order valence-electron chi connectivity index (χ0n) is 14.6. The summed E-state index contributed by atoms with van der Waals surface area (Å²) < 4.78 is 1.11. The van der Waals surface area contributed by atoms with Crippen LogP contribution in [0.5, 0.6) is 0 Å². The molecule has 0 spiro atoms. The average Bonchev–Trinajstić information content (AvgIpc) is 3.25. The summed E-state index contributed by atoms with van der Waals surface area (Å²) in [7, 11) is 1.53. The molecule has 4 rings (SSSR count). The van der Waals surface area contributed by atoms with E-state index < -0.39 is 16.5 Å². The molecule has 0 radical (unpaired) electrons. The highest BCUT2D eigenvalue weighted by molar-refractivity contribution is 6.32. The van der Waals surface area contributed by atoms with Gasteiger partial charge in [-0.1, -0.05) is 11.6 Å². The molecular formula is C16H14ClN7O4. The third kappa shape index (κ3) is 2.67. The number of benzene rings is 1.